The van der Waals surface area contributed by atoms with Crippen LogP contribution in [0.1, 0.15) is 21.5 Å². The number of nitrogens with one attached hydrogen (secondary N) is 1. The summed E-state index contributed by atoms with van der Waals surface area (Å²) in [6.45, 7) is 0.596. The van der Waals surface area contributed by atoms with Gasteiger partial charge in [-0.25, -0.2) is 5.43 Å². The monoisotopic (exact) mass is 364 g/mol. The lowest BCUT2D eigenvalue weighted by Crippen LogP contribution is -2.18. The maximum absolute atomic E-state index is 12.4. The molecule has 3 aromatic rings. The predicted molar refractivity (Wildman–Crippen MR) is 102 cm³/mol. The molecule has 0 unspecified atom stereocenters. The van der Waals surface area contributed by atoms with E-state index >= 15 is 0 Å². The SMILES string of the molecule is COc1ccc(OC)c(/C=N/NC(=O)c2cccc(Cn3cccn3)c2)c1. The molecular weight excluding hydrogens is 344 g/mol. The number of methoxy groups -OCH3 is 2. The van der Waals surface area contributed by atoms with Crippen LogP contribution in [0.15, 0.2) is 66.0 Å². The molecule has 1 heterocycles. The maximum Gasteiger partial charge on any atom is 0.271 e. The van der Waals surface area contributed by atoms with Crippen molar-refractivity contribution in [2.45, 2.75) is 6.54 Å². The number of amides is 1. The van der Waals surface area contributed by atoms with Crippen LogP contribution in [-0.4, -0.2) is 36.1 Å². The van der Waals surface area contributed by atoms with Gasteiger partial charge in [-0.3, -0.25) is 9.48 Å². The molecule has 1 amide bonds. The van der Waals surface area contributed by atoms with Crippen molar-refractivity contribution < 1.29 is 14.3 Å². The lowest BCUT2D eigenvalue weighted by atomic mass is 10.1. The van der Waals surface area contributed by atoms with Crippen LogP contribution in [0.25, 0.3) is 0 Å². The molecule has 7 heteroatoms. The van der Waals surface area contributed by atoms with Gasteiger partial charge in [-0.05, 0) is 42.0 Å². The molecule has 0 atom stereocenters. The molecule has 0 aliphatic heterocycles. The molecule has 0 radical (unpaired) electrons. The van der Waals surface area contributed by atoms with E-state index in [0.29, 0.717) is 29.2 Å². The Morgan fingerprint density at radius 2 is 2.07 bits per heavy atom. The second kappa shape index (κ2) is 8.66. The van der Waals surface area contributed by atoms with Gasteiger partial charge in [0.05, 0.1) is 27.0 Å². The standard InChI is InChI=1S/C20H20N4O3/c1-26-18-7-8-19(27-2)17(12-18)13-21-23-20(25)16-6-3-5-15(11-16)14-24-10-4-9-22-24/h3-13H,14H2,1-2H3,(H,23,25)/b21-13+. The summed E-state index contributed by atoms with van der Waals surface area (Å²) in [5.41, 5.74) is 4.73. The Balaban J connectivity index is 1.68. The Hall–Kier alpha value is -3.61. The van der Waals surface area contributed by atoms with Crippen LogP contribution in [0, 0.1) is 0 Å². The molecule has 7 nitrogen and oxygen atoms in total. The third kappa shape index (κ3) is 4.72. The maximum atomic E-state index is 12.4. The summed E-state index contributed by atoms with van der Waals surface area (Å²) in [4.78, 5) is 12.4. The fourth-order valence-electron chi connectivity index (χ4n) is 2.56. The van der Waals surface area contributed by atoms with Crippen molar-refractivity contribution in [2.75, 3.05) is 14.2 Å². The molecule has 3 rings (SSSR count). The molecule has 0 aliphatic rings. The van der Waals surface area contributed by atoms with Gasteiger partial charge in [0.15, 0.2) is 0 Å². The third-order valence-corrected chi connectivity index (χ3v) is 3.90. The summed E-state index contributed by atoms with van der Waals surface area (Å²) in [6, 6.07) is 14.5. The van der Waals surface area contributed by atoms with Crippen molar-refractivity contribution >= 4 is 12.1 Å². The van der Waals surface area contributed by atoms with Gasteiger partial charge >= 0.3 is 0 Å². The minimum absolute atomic E-state index is 0.296. The van der Waals surface area contributed by atoms with Crippen LogP contribution >= 0.6 is 0 Å². The van der Waals surface area contributed by atoms with Crippen LogP contribution in [0.2, 0.25) is 0 Å². The smallest absolute Gasteiger partial charge is 0.271 e. The molecule has 138 valence electrons. The van der Waals surface area contributed by atoms with Gasteiger partial charge < -0.3 is 9.47 Å². The summed E-state index contributed by atoms with van der Waals surface area (Å²) in [6.07, 6.45) is 5.11. The van der Waals surface area contributed by atoms with E-state index in [1.165, 1.54) is 6.21 Å². The summed E-state index contributed by atoms with van der Waals surface area (Å²) in [5.74, 6) is 1.01. The quantitative estimate of drug-likeness (QED) is 0.516. The average Bonchev–Trinajstić information content (AvgIpc) is 3.21. The second-order valence-electron chi connectivity index (χ2n) is 5.71. The molecule has 27 heavy (non-hydrogen) atoms. The average molecular weight is 364 g/mol. The first-order chi connectivity index (χ1) is 13.2. The van der Waals surface area contributed by atoms with Crippen molar-refractivity contribution in [3.8, 4) is 11.5 Å². The summed E-state index contributed by atoms with van der Waals surface area (Å²) in [5, 5.41) is 8.20. The molecule has 0 saturated carbocycles. The van der Waals surface area contributed by atoms with Crippen LogP contribution < -0.4 is 14.9 Å². The Morgan fingerprint density at radius 1 is 1.19 bits per heavy atom. The molecule has 0 spiro atoms. The Labute approximate surface area is 157 Å². The first kappa shape index (κ1) is 18.2. The van der Waals surface area contributed by atoms with Crippen LogP contribution in [0.4, 0.5) is 0 Å². The number of hydrazone groups is 1. The second-order valence-corrected chi connectivity index (χ2v) is 5.71. The van der Waals surface area contributed by atoms with Gasteiger partial charge in [-0.1, -0.05) is 12.1 Å². The number of hydrogen-bond donors (Lipinski definition) is 1. The summed E-state index contributed by atoms with van der Waals surface area (Å²) >= 11 is 0. The minimum Gasteiger partial charge on any atom is -0.497 e. The van der Waals surface area contributed by atoms with E-state index in [1.807, 2.05) is 30.5 Å². The highest BCUT2D eigenvalue weighted by atomic mass is 16.5. The number of rotatable bonds is 7. The Morgan fingerprint density at radius 3 is 2.81 bits per heavy atom. The summed E-state index contributed by atoms with van der Waals surface area (Å²) in [7, 11) is 3.16. The lowest BCUT2D eigenvalue weighted by Gasteiger charge is -2.07. The van der Waals surface area contributed by atoms with E-state index in [-0.39, 0.29) is 5.91 Å². The number of benzene rings is 2. The fraction of sp³-hybridized carbons (Fsp3) is 0.150. The Bertz CT molecular complexity index is 936. The highest BCUT2D eigenvalue weighted by molar-refractivity contribution is 5.95. The third-order valence-electron chi connectivity index (χ3n) is 3.90. The molecule has 0 bridgehead atoms. The zero-order chi connectivity index (χ0) is 19.1. The molecule has 0 aliphatic carbocycles. The lowest BCUT2D eigenvalue weighted by molar-refractivity contribution is 0.0955. The van der Waals surface area contributed by atoms with Gasteiger partial charge in [-0.2, -0.15) is 10.2 Å². The van der Waals surface area contributed by atoms with E-state index in [9.17, 15) is 4.79 Å². The molecular formula is C20H20N4O3. The molecule has 1 aromatic heterocycles. The van der Waals surface area contributed by atoms with Crippen molar-refractivity contribution in [3.63, 3.8) is 0 Å². The van der Waals surface area contributed by atoms with Gasteiger partial charge in [-0.15, -0.1) is 0 Å². The highest BCUT2D eigenvalue weighted by Gasteiger charge is 2.07. The molecule has 0 fully saturated rings. The molecule has 2 aromatic carbocycles. The van der Waals surface area contributed by atoms with E-state index in [4.69, 9.17) is 9.47 Å². The number of nitrogens with zero attached hydrogens (tertiary/aromatic N) is 3. The van der Waals surface area contributed by atoms with Gasteiger partial charge in [0.1, 0.15) is 11.5 Å². The fourth-order valence-corrected chi connectivity index (χ4v) is 2.56. The van der Waals surface area contributed by atoms with Crippen molar-refractivity contribution in [1.82, 2.24) is 15.2 Å². The zero-order valence-corrected chi connectivity index (χ0v) is 15.1. The predicted octanol–water partition coefficient (Wildman–Crippen LogP) is 2.71. The first-order valence-electron chi connectivity index (χ1n) is 8.31. The zero-order valence-electron chi connectivity index (χ0n) is 15.1. The minimum atomic E-state index is -0.296. The van der Waals surface area contributed by atoms with Crippen LogP contribution in [0.5, 0.6) is 11.5 Å². The van der Waals surface area contributed by atoms with Crippen molar-refractivity contribution in [2.24, 2.45) is 5.10 Å². The first-order valence-corrected chi connectivity index (χ1v) is 8.31. The van der Waals surface area contributed by atoms with E-state index in [1.54, 1.807) is 49.4 Å². The summed E-state index contributed by atoms with van der Waals surface area (Å²) < 4.78 is 12.3. The highest BCUT2D eigenvalue weighted by Crippen LogP contribution is 2.22. The van der Waals surface area contributed by atoms with Crippen molar-refractivity contribution in [1.29, 1.82) is 0 Å². The number of aromatic nitrogens is 2. The van der Waals surface area contributed by atoms with Gasteiger partial charge in [0.2, 0.25) is 0 Å². The number of carbonyl (C=O) groups is 1. The van der Waals surface area contributed by atoms with Gasteiger partial charge in [0.25, 0.3) is 5.91 Å². The van der Waals surface area contributed by atoms with Crippen molar-refractivity contribution in [3.05, 3.63) is 77.6 Å². The Kier molecular flexibility index (Phi) is 5.84. The van der Waals surface area contributed by atoms with E-state index in [2.05, 4.69) is 15.6 Å². The number of carbonyl (C=O) groups excluding carboxylic acids is 1. The molecule has 1 N–H and O–H groups in total. The topological polar surface area (TPSA) is 77.7 Å². The van der Waals surface area contributed by atoms with Crippen LogP contribution in [-0.2, 0) is 6.54 Å². The van der Waals surface area contributed by atoms with E-state index < -0.39 is 0 Å². The van der Waals surface area contributed by atoms with Crippen LogP contribution in [0.3, 0.4) is 0 Å². The number of hydrogen-bond acceptors (Lipinski definition) is 5. The van der Waals surface area contributed by atoms with Gasteiger partial charge in [0, 0.05) is 23.5 Å². The van der Waals surface area contributed by atoms with E-state index in [0.717, 1.165) is 5.56 Å². The number of ether oxygens (including phenoxy) is 2. The largest absolute Gasteiger partial charge is 0.497 e. The normalized spacial score (nSPS) is 10.7. The molecule has 0 saturated heterocycles.